The van der Waals surface area contributed by atoms with Gasteiger partial charge in [0.1, 0.15) is 11.3 Å². The highest BCUT2D eigenvalue weighted by Gasteiger charge is 2.54. The lowest BCUT2D eigenvalue weighted by atomic mass is 9.82. The molecule has 1 aromatic heterocycles. The molecule has 7 heteroatoms. The van der Waals surface area contributed by atoms with Gasteiger partial charge in [0.25, 0.3) is 0 Å². The van der Waals surface area contributed by atoms with E-state index < -0.39 is 15.4 Å². The lowest BCUT2D eigenvalue weighted by Crippen LogP contribution is -2.38. The highest BCUT2D eigenvalue weighted by molar-refractivity contribution is 7.89. The SMILES string of the molecule is O=S(=O)(c1ccccc1)N1CC2CN(Cc3cc4ccccc4o3)CC2(CO)C1. The van der Waals surface area contributed by atoms with E-state index in [0.717, 1.165) is 23.3 Å². The third-order valence-corrected chi connectivity index (χ3v) is 8.18. The zero-order valence-corrected chi connectivity index (χ0v) is 16.9. The Bertz CT molecular complexity index is 1090. The summed E-state index contributed by atoms with van der Waals surface area (Å²) in [5.74, 6) is 1.00. The molecule has 2 fully saturated rings. The van der Waals surface area contributed by atoms with Crippen LogP contribution in [0, 0.1) is 11.3 Å². The number of benzene rings is 2. The molecule has 0 amide bonds. The second-order valence-corrected chi connectivity index (χ2v) is 10.2. The molecule has 0 bridgehead atoms. The van der Waals surface area contributed by atoms with Crippen LogP contribution in [0.2, 0.25) is 0 Å². The summed E-state index contributed by atoms with van der Waals surface area (Å²) >= 11 is 0. The molecule has 2 saturated heterocycles. The number of hydrogen-bond donors (Lipinski definition) is 1. The van der Waals surface area contributed by atoms with Crippen LogP contribution in [0.15, 0.2) is 70.0 Å². The van der Waals surface area contributed by atoms with E-state index in [4.69, 9.17) is 4.42 Å². The number of aliphatic hydroxyl groups excluding tert-OH is 1. The summed E-state index contributed by atoms with van der Waals surface area (Å²) in [5.41, 5.74) is 0.451. The van der Waals surface area contributed by atoms with E-state index in [2.05, 4.69) is 11.0 Å². The molecule has 0 radical (unpaired) electrons. The third kappa shape index (κ3) is 3.18. The van der Waals surface area contributed by atoms with Crippen molar-refractivity contribution in [2.75, 3.05) is 32.8 Å². The van der Waals surface area contributed by atoms with Crippen molar-refractivity contribution in [3.8, 4) is 0 Å². The fourth-order valence-electron chi connectivity index (χ4n) is 4.85. The van der Waals surface area contributed by atoms with Gasteiger partial charge in [-0.15, -0.1) is 0 Å². The Hall–Kier alpha value is -2.19. The number of fused-ring (bicyclic) bond motifs is 2. The van der Waals surface area contributed by atoms with Gasteiger partial charge in [0.2, 0.25) is 10.0 Å². The lowest BCUT2D eigenvalue weighted by Gasteiger charge is -2.27. The molecule has 3 aromatic rings. The standard InChI is InChI=1S/C22H24N2O4S/c25-16-22-14-23(13-19-10-17-6-4-5-9-21(17)28-19)11-18(22)12-24(15-22)29(26,27)20-7-2-1-3-8-20/h1-10,18,25H,11-16H2. The molecule has 2 aliphatic heterocycles. The highest BCUT2D eigenvalue weighted by atomic mass is 32.2. The predicted octanol–water partition coefficient (Wildman–Crippen LogP) is 2.55. The summed E-state index contributed by atoms with van der Waals surface area (Å²) in [5, 5.41) is 11.3. The summed E-state index contributed by atoms with van der Waals surface area (Å²) in [6.07, 6.45) is 0. The Labute approximate surface area is 170 Å². The quantitative estimate of drug-likeness (QED) is 0.697. The maximum absolute atomic E-state index is 13.0. The number of rotatable bonds is 5. The van der Waals surface area contributed by atoms with Crippen LogP contribution in [0.4, 0.5) is 0 Å². The van der Waals surface area contributed by atoms with Crippen molar-refractivity contribution >= 4 is 21.0 Å². The first-order chi connectivity index (χ1) is 14.0. The number of aliphatic hydroxyl groups is 1. The van der Waals surface area contributed by atoms with Gasteiger partial charge in [-0.25, -0.2) is 8.42 Å². The topological polar surface area (TPSA) is 74.0 Å². The minimum atomic E-state index is -3.54. The van der Waals surface area contributed by atoms with E-state index in [-0.39, 0.29) is 12.5 Å². The molecule has 5 rings (SSSR count). The minimum absolute atomic E-state index is 0.0187. The van der Waals surface area contributed by atoms with Gasteiger partial charge < -0.3 is 9.52 Å². The molecule has 152 valence electrons. The maximum atomic E-state index is 13.0. The number of furan rings is 1. The van der Waals surface area contributed by atoms with Gasteiger partial charge in [-0.05, 0) is 30.2 Å². The van der Waals surface area contributed by atoms with Crippen molar-refractivity contribution in [2.45, 2.75) is 11.4 Å². The average Bonchev–Trinajstić information content (AvgIpc) is 3.38. The van der Waals surface area contributed by atoms with Crippen LogP contribution in [-0.2, 0) is 16.6 Å². The molecule has 2 aromatic carbocycles. The van der Waals surface area contributed by atoms with Crippen LogP contribution >= 0.6 is 0 Å². The molecule has 3 heterocycles. The van der Waals surface area contributed by atoms with Crippen LogP contribution in [0.1, 0.15) is 5.76 Å². The van der Waals surface area contributed by atoms with E-state index in [0.29, 0.717) is 31.1 Å². The van der Waals surface area contributed by atoms with Gasteiger partial charge >= 0.3 is 0 Å². The molecule has 6 nitrogen and oxygen atoms in total. The first-order valence-corrected chi connectivity index (χ1v) is 11.3. The van der Waals surface area contributed by atoms with Gasteiger partial charge in [-0.3, -0.25) is 4.90 Å². The Morgan fingerprint density at radius 2 is 1.79 bits per heavy atom. The van der Waals surface area contributed by atoms with Crippen LogP contribution in [0.5, 0.6) is 0 Å². The van der Waals surface area contributed by atoms with Crippen molar-refractivity contribution in [3.63, 3.8) is 0 Å². The maximum Gasteiger partial charge on any atom is 0.243 e. The summed E-state index contributed by atoms with van der Waals surface area (Å²) in [6, 6.07) is 18.5. The number of likely N-dealkylation sites (tertiary alicyclic amines) is 1. The van der Waals surface area contributed by atoms with Crippen molar-refractivity contribution in [1.29, 1.82) is 0 Å². The first-order valence-electron chi connectivity index (χ1n) is 9.86. The summed E-state index contributed by atoms with van der Waals surface area (Å²) in [4.78, 5) is 2.58. The van der Waals surface area contributed by atoms with Gasteiger partial charge in [-0.1, -0.05) is 36.4 Å². The van der Waals surface area contributed by atoms with E-state index in [1.165, 1.54) is 0 Å². The lowest BCUT2D eigenvalue weighted by molar-refractivity contribution is 0.118. The number of nitrogens with zero attached hydrogens (tertiary/aromatic N) is 2. The van der Waals surface area contributed by atoms with E-state index in [9.17, 15) is 13.5 Å². The van der Waals surface area contributed by atoms with Crippen molar-refractivity contribution in [1.82, 2.24) is 9.21 Å². The van der Waals surface area contributed by atoms with Crippen LogP contribution in [0.25, 0.3) is 11.0 Å². The Balaban J connectivity index is 1.33. The minimum Gasteiger partial charge on any atom is -0.460 e. The zero-order chi connectivity index (χ0) is 20.1. The van der Waals surface area contributed by atoms with Crippen molar-refractivity contribution in [2.24, 2.45) is 11.3 Å². The van der Waals surface area contributed by atoms with E-state index >= 15 is 0 Å². The molecule has 0 aliphatic carbocycles. The number of hydrogen-bond acceptors (Lipinski definition) is 5. The average molecular weight is 413 g/mol. The van der Waals surface area contributed by atoms with Gasteiger partial charge in [-0.2, -0.15) is 4.31 Å². The molecule has 2 unspecified atom stereocenters. The third-order valence-electron chi connectivity index (χ3n) is 6.35. The van der Waals surface area contributed by atoms with Gasteiger partial charge in [0.05, 0.1) is 18.0 Å². The Kier molecular flexibility index (Phi) is 4.51. The Morgan fingerprint density at radius 1 is 1.03 bits per heavy atom. The first kappa shape index (κ1) is 18.8. The zero-order valence-electron chi connectivity index (χ0n) is 16.1. The van der Waals surface area contributed by atoms with Gasteiger partial charge in [0, 0.05) is 37.0 Å². The van der Waals surface area contributed by atoms with Crippen LogP contribution in [-0.4, -0.2) is 55.5 Å². The normalized spacial score (nSPS) is 25.6. The molecule has 29 heavy (non-hydrogen) atoms. The fourth-order valence-corrected chi connectivity index (χ4v) is 6.45. The second-order valence-electron chi connectivity index (χ2n) is 8.25. The summed E-state index contributed by atoms with van der Waals surface area (Å²) < 4.78 is 33.5. The highest BCUT2D eigenvalue weighted by Crippen LogP contribution is 2.44. The fraction of sp³-hybridized carbons (Fsp3) is 0.364. The monoisotopic (exact) mass is 412 g/mol. The Morgan fingerprint density at radius 3 is 2.52 bits per heavy atom. The molecule has 2 aliphatic rings. The van der Waals surface area contributed by atoms with Gasteiger partial charge in [0.15, 0.2) is 0 Å². The molecular weight excluding hydrogens is 388 g/mol. The predicted molar refractivity (Wildman–Crippen MR) is 110 cm³/mol. The number of para-hydroxylation sites is 1. The largest absolute Gasteiger partial charge is 0.460 e. The smallest absolute Gasteiger partial charge is 0.243 e. The molecule has 2 atom stereocenters. The summed E-state index contributed by atoms with van der Waals surface area (Å²) in [6.45, 7) is 2.84. The molecule has 0 saturated carbocycles. The van der Waals surface area contributed by atoms with E-state index in [1.54, 1.807) is 28.6 Å². The van der Waals surface area contributed by atoms with Crippen LogP contribution in [0.3, 0.4) is 0 Å². The van der Waals surface area contributed by atoms with Crippen LogP contribution < -0.4 is 0 Å². The van der Waals surface area contributed by atoms with Crippen molar-refractivity contribution < 1.29 is 17.9 Å². The number of sulfonamides is 1. The molecule has 0 spiro atoms. The summed E-state index contributed by atoms with van der Waals surface area (Å²) in [7, 11) is -3.54. The molecular formula is C22H24N2O4S. The molecule has 1 N–H and O–H groups in total. The van der Waals surface area contributed by atoms with Crippen molar-refractivity contribution in [3.05, 3.63) is 66.4 Å². The van der Waals surface area contributed by atoms with E-state index in [1.807, 2.05) is 30.3 Å². The second kappa shape index (κ2) is 6.95.